The largest absolute Gasteiger partial charge is 0.526 e. The lowest BCUT2D eigenvalue weighted by Crippen LogP contribution is -2.51. The molecule has 1 heterocycles. The summed E-state index contributed by atoms with van der Waals surface area (Å²) in [5, 5.41) is 9.83. The van der Waals surface area contributed by atoms with Crippen LogP contribution in [0.4, 0.5) is 10.5 Å². The summed E-state index contributed by atoms with van der Waals surface area (Å²) in [7, 11) is 0. The van der Waals surface area contributed by atoms with Crippen LogP contribution in [0.5, 0.6) is 0 Å². The average molecular weight is 296 g/mol. The van der Waals surface area contributed by atoms with Crippen LogP contribution in [0.3, 0.4) is 0 Å². The molecular formula is C18H18NO3+. The molecule has 1 aliphatic heterocycles. The quantitative estimate of drug-likeness (QED) is 0.859. The summed E-state index contributed by atoms with van der Waals surface area (Å²) in [4.78, 5) is 12.0. The first-order valence-corrected chi connectivity index (χ1v) is 7.28. The Morgan fingerprint density at radius 3 is 2.45 bits per heavy atom. The highest BCUT2D eigenvalue weighted by Gasteiger charge is 2.49. The van der Waals surface area contributed by atoms with Gasteiger partial charge in [-0.1, -0.05) is 42.5 Å². The first kappa shape index (κ1) is 14.4. The number of carbonyl (C=O) groups is 1. The third-order valence-electron chi connectivity index (χ3n) is 4.03. The summed E-state index contributed by atoms with van der Waals surface area (Å²) >= 11 is 0. The van der Waals surface area contributed by atoms with Gasteiger partial charge in [0.1, 0.15) is 6.61 Å². The number of hydrogen-bond acceptors (Lipinski definition) is 2. The Balaban J connectivity index is 1.94. The second-order valence-electron chi connectivity index (χ2n) is 5.22. The van der Waals surface area contributed by atoms with E-state index in [1.54, 1.807) is 0 Å². The van der Waals surface area contributed by atoms with Gasteiger partial charge >= 0.3 is 12.0 Å². The number of fused-ring (bicyclic) bond motifs is 1. The number of amides is 1. The van der Waals surface area contributed by atoms with Gasteiger partial charge in [0.15, 0.2) is 5.69 Å². The maximum Gasteiger partial charge on any atom is 0.526 e. The Morgan fingerprint density at radius 2 is 1.77 bits per heavy atom. The third-order valence-corrected chi connectivity index (χ3v) is 4.03. The van der Waals surface area contributed by atoms with Crippen LogP contribution in [-0.4, -0.2) is 17.7 Å². The molecule has 2 aromatic carbocycles. The van der Waals surface area contributed by atoms with Crippen LogP contribution < -0.4 is 4.48 Å². The number of ether oxygens (including phenoxy) is 1. The van der Waals surface area contributed by atoms with Crippen molar-refractivity contribution in [3.63, 3.8) is 0 Å². The summed E-state index contributed by atoms with van der Waals surface area (Å²) in [6.07, 6.45) is 0.905. The van der Waals surface area contributed by atoms with Crippen molar-refractivity contribution in [2.24, 2.45) is 0 Å². The van der Waals surface area contributed by atoms with Crippen LogP contribution in [0.15, 0.2) is 60.5 Å². The molecule has 1 atom stereocenters. The molecule has 0 unspecified atom stereocenters. The molecule has 1 amide bonds. The molecule has 0 bridgehead atoms. The highest BCUT2D eigenvalue weighted by atomic mass is 16.5. The molecule has 1 N–H and O–H groups in total. The minimum atomic E-state index is -0.924. The Kier molecular flexibility index (Phi) is 3.69. The highest BCUT2D eigenvalue weighted by molar-refractivity contribution is 5.92. The maximum absolute atomic E-state index is 12.0. The Hall–Kier alpha value is -2.59. The molecule has 0 saturated heterocycles. The lowest BCUT2D eigenvalue weighted by Gasteiger charge is -2.28. The van der Waals surface area contributed by atoms with E-state index in [1.807, 2.05) is 67.6 Å². The van der Waals surface area contributed by atoms with Crippen LogP contribution >= 0.6 is 0 Å². The van der Waals surface area contributed by atoms with Crippen LogP contribution in [-0.2, 0) is 11.3 Å². The predicted octanol–water partition coefficient (Wildman–Crippen LogP) is 4.22. The summed E-state index contributed by atoms with van der Waals surface area (Å²) < 4.78 is 5.60. The Morgan fingerprint density at radius 1 is 1.09 bits per heavy atom. The molecular weight excluding hydrogens is 278 g/mol. The summed E-state index contributed by atoms with van der Waals surface area (Å²) in [5.74, 6) is 0.458. The summed E-state index contributed by atoms with van der Waals surface area (Å²) in [5.41, 5.74) is 2.66. The van der Waals surface area contributed by atoms with Gasteiger partial charge in [-0.2, -0.15) is 4.79 Å². The number of hydrogen-bond donors (Lipinski definition) is 1. The number of para-hydroxylation sites is 1. The molecule has 1 aliphatic rings. The average Bonchev–Trinajstić information content (AvgIpc) is 2.88. The molecule has 4 nitrogen and oxygen atoms in total. The fraction of sp³-hybridized carbons (Fsp3) is 0.167. The zero-order valence-corrected chi connectivity index (χ0v) is 12.4. The monoisotopic (exact) mass is 296 g/mol. The first-order chi connectivity index (χ1) is 10.7. The second kappa shape index (κ2) is 5.66. The number of benzene rings is 2. The van der Waals surface area contributed by atoms with E-state index in [9.17, 15) is 9.90 Å². The van der Waals surface area contributed by atoms with Crippen molar-refractivity contribution >= 4 is 17.9 Å². The highest BCUT2D eigenvalue weighted by Crippen LogP contribution is 2.41. The van der Waals surface area contributed by atoms with Gasteiger partial charge in [-0.15, -0.1) is 4.48 Å². The van der Waals surface area contributed by atoms with E-state index >= 15 is 0 Å². The van der Waals surface area contributed by atoms with E-state index in [-0.39, 0.29) is 4.48 Å². The van der Waals surface area contributed by atoms with Crippen molar-refractivity contribution in [3.05, 3.63) is 71.6 Å². The van der Waals surface area contributed by atoms with Crippen LogP contribution in [0.25, 0.3) is 6.08 Å². The van der Waals surface area contributed by atoms with Gasteiger partial charge in [-0.3, -0.25) is 0 Å². The summed E-state index contributed by atoms with van der Waals surface area (Å²) in [6.45, 7) is 2.61. The predicted molar refractivity (Wildman–Crippen MR) is 86.0 cm³/mol. The van der Waals surface area contributed by atoms with E-state index in [4.69, 9.17) is 4.74 Å². The van der Waals surface area contributed by atoms with Gasteiger partial charge in [-0.05, 0) is 18.6 Å². The van der Waals surface area contributed by atoms with E-state index in [0.29, 0.717) is 19.0 Å². The molecule has 3 rings (SSSR count). The van der Waals surface area contributed by atoms with E-state index < -0.39 is 6.09 Å². The van der Waals surface area contributed by atoms with E-state index in [1.165, 1.54) is 0 Å². The standard InChI is InChI=1S/C18H17NO3/c1-2-19(18(20)21)16-11-7-6-10-15(16)12-17(19)22-13-14-8-4-3-5-9-14/h3-12H,2,13H2,1H3/p+1/t19-/m0/s1. The molecule has 112 valence electrons. The smallest absolute Gasteiger partial charge is 0.446 e. The molecule has 0 fully saturated rings. The van der Waals surface area contributed by atoms with E-state index in [2.05, 4.69) is 0 Å². The number of rotatable bonds is 4. The minimum absolute atomic E-state index is 0.289. The lowest BCUT2D eigenvalue weighted by atomic mass is 10.2. The Bertz CT molecular complexity index is 724. The van der Waals surface area contributed by atoms with Crippen LogP contribution in [0.1, 0.15) is 18.1 Å². The van der Waals surface area contributed by atoms with Gasteiger partial charge in [0.05, 0.1) is 12.6 Å². The van der Waals surface area contributed by atoms with Gasteiger partial charge < -0.3 is 9.84 Å². The molecule has 0 aliphatic carbocycles. The fourth-order valence-corrected chi connectivity index (χ4v) is 2.86. The normalized spacial score (nSPS) is 19.4. The van der Waals surface area contributed by atoms with E-state index in [0.717, 1.165) is 16.8 Å². The van der Waals surface area contributed by atoms with Crippen molar-refractivity contribution in [3.8, 4) is 0 Å². The van der Waals surface area contributed by atoms with Crippen molar-refractivity contribution in [2.45, 2.75) is 13.5 Å². The van der Waals surface area contributed by atoms with Gasteiger partial charge in [0, 0.05) is 11.6 Å². The summed E-state index contributed by atoms with van der Waals surface area (Å²) in [6, 6.07) is 17.3. The second-order valence-corrected chi connectivity index (χ2v) is 5.22. The zero-order chi connectivity index (χ0) is 15.6. The van der Waals surface area contributed by atoms with Crippen LogP contribution in [0.2, 0.25) is 0 Å². The van der Waals surface area contributed by atoms with Gasteiger partial charge in [0.25, 0.3) is 0 Å². The lowest BCUT2D eigenvalue weighted by molar-refractivity contribution is 0.0989. The number of carboxylic acid groups (broad SMARTS) is 1. The molecule has 2 aromatic rings. The molecule has 0 aromatic heterocycles. The van der Waals surface area contributed by atoms with Crippen molar-refractivity contribution in [2.75, 3.05) is 6.54 Å². The first-order valence-electron chi connectivity index (χ1n) is 7.28. The maximum atomic E-state index is 12.0. The van der Waals surface area contributed by atoms with Crippen molar-refractivity contribution in [1.82, 2.24) is 4.48 Å². The molecule has 0 spiro atoms. The number of nitrogens with zero attached hydrogens (tertiary/aromatic N) is 1. The SMILES string of the molecule is CC[N@@+]1(C(=O)O)C(OCc2ccccc2)=Cc2ccccc21. The molecule has 0 saturated carbocycles. The van der Waals surface area contributed by atoms with Crippen molar-refractivity contribution in [1.29, 1.82) is 0 Å². The van der Waals surface area contributed by atoms with Gasteiger partial charge in [-0.25, -0.2) is 0 Å². The molecule has 0 radical (unpaired) electrons. The minimum Gasteiger partial charge on any atom is -0.446 e. The molecule has 22 heavy (non-hydrogen) atoms. The third kappa shape index (κ3) is 2.18. The number of quaternary nitrogens is 1. The van der Waals surface area contributed by atoms with Crippen molar-refractivity contribution < 1.29 is 14.6 Å². The zero-order valence-electron chi connectivity index (χ0n) is 12.4. The van der Waals surface area contributed by atoms with Gasteiger partial charge in [0.2, 0.25) is 0 Å². The topological polar surface area (TPSA) is 46.5 Å². The Labute approximate surface area is 129 Å². The van der Waals surface area contributed by atoms with Crippen LogP contribution in [0, 0.1) is 0 Å². The fourth-order valence-electron chi connectivity index (χ4n) is 2.86. The molecule has 4 heteroatoms.